The van der Waals surface area contributed by atoms with Gasteiger partial charge in [0, 0.05) is 55.2 Å². The number of piperazine rings is 1. The lowest BCUT2D eigenvalue weighted by molar-refractivity contribution is 0.0566. The highest BCUT2D eigenvalue weighted by Crippen LogP contribution is 2.30. The minimum Gasteiger partial charge on any atom is -0.450 e. The molecule has 1 saturated heterocycles. The molecule has 4 heterocycles. The molecule has 0 spiro atoms. The monoisotopic (exact) mass is 549 g/mol. The number of aryl methyl sites for hydroxylation is 1. The lowest BCUT2D eigenvalue weighted by Gasteiger charge is -2.33. The van der Waals surface area contributed by atoms with E-state index in [1.807, 2.05) is 28.8 Å². The molecule has 1 aliphatic rings. The van der Waals surface area contributed by atoms with Crippen molar-refractivity contribution in [2.75, 3.05) is 32.8 Å². The van der Waals surface area contributed by atoms with Crippen LogP contribution in [0.25, 0.3) is 17.1 Å². The standard InChI is InChI=1S/C26H27N7O3S2/c1-3-36-26(35)32-13-11-31(12-14-32)24(34)21-16-37-22(28-21)17-38-25-30-29-23(19-5-4-10-27-15-19)33(25)20-8-6-18(2)7-9-20/h4-10,15-16H,3,11-14,17H2,1-2H3. The zero-order valence-electron chi connectivity index (χ0n) is 21.1. The molecule has 1 aromatic carbocycles. The third kappa shape index (κ3) is 5.70. The van der Waals surface area contributed by atoms with Gasteiger partial charge in [-0.2, -0.15) is 0 Å². The number of pyridine rings is 1. The predicted molar refractivity (Wildman–Crippen MR) is 146 cm³/mol. The Morgan fingerprint density at radius 3 is 2.53 bits per heavy atom. The maximum atomic E-state index is 13.0. The van der Waals surface area contributed by atoms with Gasteiger partial charge in [-0.3, -0.25) is 14.3 Å². The summed E-state index contributed by atoms with van der Waals surface area (Å²) in [7, 11) is 0. The van der Waals surface area contributed by atoms with Gasteiger partial charge in [0.05, 0.1) is 12.4 Å². The van der Waals surface area contributed by atoms with Gasteiger partial charge in [-0.1, -0.05) is 29.5 Å². The molecule has 5 rings (SSSR count). The molecule has 0 unspecified atom stereocenters. The van der Waals surface area contributed by atoms with Crippen LogP contribution in [0.3, 0.4) is 0 Å². The van der Waals surface area contributed by atoms with Crippen LogP contribution in [-0.2, 0) is 10.5 Å². The van der Waals surface area contributed by atoms with Crippen molar-refractivity contribution in [1.82, 2.24) is 34.5 Å². The third-order valence-electron chi connectivity index (χ3n) is 6.03. The number of thioether (sulfide) groups is 1. The average molecular weight is 550 g/mol. The molecule has 0 aliphatic carbocycles. The van der Waals surface area contributed by atoms with Gasteiger partial charge < -0.3 is 14.5 Å². The number of amides is 2. The smallest absolute Gasteiger partial charge is 0.409 e. The van der Waals surface area contributed by atoms with E-state index >= 15 is 0 Å². The van der Waals surface area contributed by atoms with Crippen molar-refractivity contribution in [2.24, 2.45) is 0 Å². The van der Waals surface area contributed by atoms with E-state index in [-0.39, 0.29) is 12.0 Å². The second-order valence-corrected chi connectivity index (χ2v) is 10.5. The summed E-state index contributed by atoms with van der Waals surface area (Å²) in [6, 6.07) is 12.0. The molecule has 1 fully saturated rings. The Morgan fingerprint density at radius 2 is 1.82 bits per heavy atom. The van der Waals surface area contributed by atoms with Gasteiger partial charge in [0.1, 0.15) is 10.7 Å². The van der Waals surface area contributed by atoms with E-state index in [0.717, 1.165) is 21.4 Å². The average Bonchev–Trinajstić information content (AvgIpc) is 3.60. The zero-order chi connectivity index (χ0) is 26.5. The zero-order valence-corrected chi connectivity index (χ0v) is 22.7. The molecule has 196 valence electrons. The van der Waals surface area contributed by atoms with Crippen LogP contribution in [0, 0.1) is 6.92 Å². The number of ether oxygens (including phenoxy) is 1. The molecule has 3 aromatic heterocycles. The van der Waals surface area contributed by atoms with Crippen LogP contribution in [-0.4, -0.2) is 79.3 Å². The summed E-state index contributed by atoms with van der Waals surface area (Å²) in [5, 5.41) is 12.3. The molecule has 1 aliphatic heterocycles. The quantitative estimate of drug-likeness (QED) is 0.314. The number of nitrogens with zero attached hydrogens (tertiary/aromatic N) is 7. The molecule has 10 nitrogen and oxygen atoms in total. The summed E-state index contributed by atoms with van der Waals surface area (Å²) in [6.45, 7) is 5.98. The maximum Gasteiger partial charge on any atom is 0.409 e. The minimum absolute atomic E-state index is 0.123. The second kappa shape index (κ2) is 11.7. The molecular weight excluding hydrogens is 522 g/mol. The van der Waals surface area contributed by atoms with Crippen LogP contribution in [0.2, 0.25) is 0 Å². The Labute approximate surface area is 228 Å². The van der Waals surface area contributed by atoms with Gasteiger partial charge in [-0.05, 0) is 38.1 Å². The molecule has 4 aromatic rings. The van der Waals surface area contributed by atoms with Gasteiger partial charge in [0.2, 0.25) is 0 Å². The van der Waals surface area contributed by atoms with Gasteiger partial charge in [-0.15, -0.1) is 21.5 Å². The lowest BCUT2D eigenvalue weighted by Crippen LogP contribution is -2.50. The van der Waals surface area contributed by atoms with Crippen LogP contribution in [0.5, 0.6) is 0 Å². The number of carbonyl (C=O) groups is 2. The molecule has 38 heavy (non-hydrogen) atoms. The lowest BCUT2D eigenvalue weighted by atomic mass is 10.2. The minimum atomic E-state index is -0.335. The molecule has 2 amide bonds. The van der Waals surface area contributed by atoms with E-state index in [9.17, 15) is 9.59 Å². The van der Waals surface area contributed by atoms with Gasteiger partial charge >= 0.3 is 6.09 Å². The Bertz CT molecular complexity index is 1400. The van der Waals surface area contributed by atoms with E-state index < -0.39 is 0 Å². The summed E-state index contributed by atoms with van der Waals surface area (Å²) in [5.74, 6) is 1.13. The number of thiazole rings is 1. The fraction of sp³-hybridized carbons (Fsp3) is 0.308. The van der Waals surface area contributed by atoms with Crippen LogP contribution in [0.1, 0.15) is 28.0 Å². The Balaban J connectivity index is 1.28. The van der Waals surface area contributed by atoms with Gasteiger partial charge in [0.25, 0.3) is 5.91 Å². The molecule has 0 atom stereocenters. The van der Waals surface area contributed by atoms with Crippen LogP contribution in [0.4, 0.5) is 4.79 Å². The summed E-state index contributed by atoms with van der Waals surface area (Å²) in [4.78, 5) is 37.1. The van der Waals surface area contributed by atoms with Gasteiger partial charge in [0.15, 0.2) is 11.0 Å². The number of benzene rings is 1. The van der Waals surface area contributed by atoms with Crippen molar-refractivity contribution >= 4 is 35.1 Å². The normalized spacial score (nSPS) is 13.5. The highest BCUT2D eigenvalue weighted by Gasteiger charge is 2.27. The van der Waals surface area contributed by atoms with Crippen molar-refractivity contribution < 1.29 is 14.3 Å². The summed E-state index contributed by atoms with van der Waals surface area (Å²) in [5.41, 5.74) is 3.42. The Hall–Kier alpha value is -3.77. The third-order valence-corrected chi connectivity index (χ3v) is 8.01. The predicted octanol–water partition coefficient (Wildman–Crippen LogP) is 4.30. The molecule has 0 bridgehead atoms. The number of rotatable bonds is 7. The first-order chi connectivity index (χ1) is 18.5. The highest BCUT2D eigenvalue weighted by atomic mass is 32.2. The molecule has 0 radical (unpaired) electrons. The van der Waals surface area contributed by atoms with Crippen molar-refractivity contribution in [3.05, 3.63) is 70.4 Å². The number of aromatic nitrogens is 5. The van der Waals surface area contributed by atoms with E-state index in [2.05, 4.69) is 39.2 Å². The Kier molecular flexibility index (Phi) is 7.99. The molecular formula is C26H27N7O3S2. The molecule has 0 N–H and O–H groups in total. The number of hydrogen-bond donors (Lipinski definition) is 0. The first-order valence-corrected chi connectivity index (χ1v) is 14.1. The van der Waals surface area contributed by atoms with Crippen LogP contribution < -0.4 is 0 Å². The summed E-state index contributed by atoms with van der Waals surface area (Å²) >= 11 is 2.97. The number of carbonyl (C=O) groups excluding carboxylic acids is 2. The fourth-order valence-electron chi connectivity index (χ4n) is 4.04. The first kappa shape index (κ1) is 25.9. The van der Waals surface area contributed by atoms with Crippen molar-refractivity contribution in [3.8, 4) is 17.1 Å². The van der Waals surface area contributed by atoms with Crippen molar-refractivity contribution in [2.45, 2.75) is 24.8 Å². The van der Waals surface area contributed by atoms with Gasteiger partial charge in [-0.25, -0.2) is 9.78 Å². The van der Waals surface area contributed by atoms with Crippen LogP contribution >= 0.6 is 23.1 Å². The van der Waals surface area contributed by atoms with Crippen molar-refractivity contribution in [3.63, 3.8) is 0 Å². The molecule has 12 heteroatoms. The SMILES string of the molecule is CCOC(=O)N1CCN(C(=O)c2csc(CSc3nnc(-c4cccnc4)n3-c3ccc(C)cc3)n2)CC1. The van der Waals surface area contributed by atoms with Crippen molar-refractivity contribution in [1.29, 1.82) is 0 Å². The number of hydrogen-bond acceptors (Lipinski definition) is 9. The summed E-state index contributed by atoms with van der Waals surface area (Å²) in [6.07, 6.45) is 3.17. The van der Waals surface area contributed by atoms with Crippen LogP contribution in [0.15, 0.2) is 59.3 Å². The first-order valence-electron chi connectivity index (χ1n) is 12.2. The topological polar surface area (TPSA) is 106 Å². The molecule has 0 saturated carbocycles. The highest BCUT2D eigenvalue weighted by molar-refractivity contribution is 7.98. The van der Waals surface area contributed by atoms with E-state index in [4.69, 9.17) is 4.74 Å². The second-order valence-electron chi connectivity index (χ2n) is 8.61. The summed E-state index contributed by atoms with van der Waals surface area (Å²) < 4.78 is 7.07. The largest absolute Gasteiger partial charge is 0.450 e. The van der Waals surface area contributed by atoms with E-state index in [0.29, 0.717) is 50.1 Å². The van der Waals surface area contributed by atoms with E-state index in [1.54, 1.807) is 34.5 Å². The fourth-order valence-corrected chi connectivity index (χ4v) is 5.78. The Morgan fingerprint density at radius 1 is 1.05 bits per heavy atom. The maximum absolute atomic E-state index is 13.0. The van der Waals surface area contributed by atoms with E-state index in [1.165, 1.54) is 28.7 Å².